The molecule has 0 saturated heterocycles. The molecule has 5 nitrogen and oxygen atoms in total. The van der Waals surface area contributed by atoms with E-state index in [2.05, 4.69) is 0 Å². The molecule has 1 aliphatic heterocycles. The van der Waals surface area contributed by atoms with Crippen LogP contribution in [0.15, 0.2) is 24.3 Å². The molecule has 2 aromatic rings. The van der Waals surface area contributed by atoms with Crippen molar-refractivity contribution in [1.82, 2.24) is 0 Å². The summed E-state index contributed by atoms with van der Waals surface area (Å²) in [5.41, 5.74) is 14.2. The quantitative estimate of drug-likeness (QED) is 0.532. The first-order valence-corrected chi connectivity index (χ1v) is 5.71. The number of para-hydroxylation sites is 1. The third-order valence-electron chi connectivity index (χ3n) is 3.23. The second kappa shape index (κ2) is 3.82. The van der Waals surface area contributed by atoms with Crippen molar-refractivity contribution in [1.29, 1.82) is 5.26 Å². The number of phenols is 1. The van der Waals surface area contributed by atoms with Crippen LogP contribution in [-0.2, 0) is 6.42 Å². The summed E-state index contributed by atoms with van der Waals surface area (Å²) in [7, 11) is 0. The Balaban J connectivity index is 2.21. The highest BCUT2D eigenvalue weighted by Gasteiger charge is 2.24. The number of benzene rings is 2. The van der Waals surface area contributed by atoms with E-state index in [1.165, 1.54) is 0 Å². The van der Waals surface area contributed by atoms with E-state index in [-0.39, 0.29) is 17.0 Å². The fourth-order valence-corrected chi connectivity index (χ4v) is 2.27. The maximum Gasteiger partial charge on any atom is 0.172 e. The van der Waals surface area contributed by atoms with E-state index in [1.54, 1.807) is 18.2 Å². The lowest BCUT2D eigenvalue weighted by atomic mass is 9.95. The van der Waals surface area contributed by atoms with Gasteiger partial charge in [0.25, 0.3) is 0 Å². The fourth-order valence-electron chi connectivity index (χ4n) is 2.27. The van der Waals surface area contributed by atoms with E-state index in [0.29, 0.717) is 23.6 Å². The predicted molar refractivity (Wildman–Crippen MR) is 71.0 cm³/mol. The summed E-state index contributed by atoms with van der Waals surface area (Å²) in [5.74, 6) is 0.978. The second-order valence-corrected chi connectivity index (χ2v) is 4.39. The summed E-state index contributed by atoms with van der Waals surface area (Å²) >= 11 is 0. The Morgan fingerprint density at radius 1 is 1.32 bits per heavy atom. The molecule has 0 fully saturated rings. The van der Waals surface area contributed by atoms with Gasteiger partial charge in [0.15, 0.2) is 11.5 Å². The van der Waals surface area contributed by atoms with Crippen molar-refractivity contribution in [3.05, 3.63) is 41.0 Å². The first-order valence-electron chi connectivity index (χ1n) is 5.71. The molecule has 5 N–H and O–H groups in total. The number of rotatable bonds is 0. The highest BCUT2D eigenvalue weighted by molar-refractivity contribution is 5.76. The van der Waals surface area contributed by atoms with Crippen LogP contribution in [0.5, 0.6) is 17.2 Å². The molecule has 0 bridgehead atoms. The summed E-state index contributed by atoms with van der Waals surface area (Å²) in [6.07, 6.45) is 0.500. The molecule has 94 valence electrons. The van der Waals surface area contributed by atoms with Gasteiger partial charge in [0.05, 0.1) is 16.9 Å². The molecule has 5 heteroatoms. The number of aromatic hydroxyl groups is 1. The van der Waals surface area contributed by atoms with Gasteiger partial charge in [0.1, 0.15) is 11.8 Å². The van der Waals surface area contributed by atoms with Gasteiger partial charge >= 0.3 is 0 Å². The summed E-state index contributed by atoms with van der Waals surface area (Å²) in [4.78, 5) is 0. The lowest BCUT2D eigenvalue weighted by Gasteiger charge is -2.23. The molecule has 0 saturated carbocycles. The highest BCUT2D eigenvalue weighted by Crippen LogP contribution is 2.45. The third-order valence-corrected chi connectivity index (χ3v) is 3.23. The Bertz CT molecular complexity index is 732. The molecule has 0 radical (unpaired) electrons. The maximum atomic E-state index is 9.78. The number of hydrogen-bond acceptors (Lipinski definition) is 5. The summed E-state index contributed by atoms with van der Waals surface area (Å²) in [5, 5.41) is 18.8. The van der Waals surface area contributed by atoms with Gasteiger partial charge in [-0.15, -0.1) is 0 Å². The van der Waals surface area contributed by atoms with Crippen molar-refractivity contribution in [2.75, 3.05) is 11.5 Å². The molecular formula is C14H11N3O2. The van der Waals surface area contributed by atoms with Crippen LogP contribution in [0.3, 0.4) is 0 Å². The Hall–Kier alpha value is -2.87. The monoisotopic (exact) mass is 253 g/mol. The van der Waals surface area contributed by atoms with Crippen molar-refractivity contribution in [3.63, 3.8) is 0 Å². The molecule has 3 rings (SSSR count). The van der Waals surface area contributed by atoms with Gasteiger partial charge in [-0.25, -0.2) is 0 Å². The van der Waals surface area contributed by atoms with Crippen LogP contribution in [0.4, 0.5) is 11.4 Å². The Labute approximate surface area is 109 Å². The molecular weight excluding hydrogens is 242 g/mol. The van der Waals surface area contributed by atoms with E-state index in [1.807, 2.05) is 12.1 Å². The van der Waals surface area contributed by atoms with E-state index in [4.69, 9.17) is 21.5 Å². The Morgan fingerprint density at radius 2 is 2.11 bits per heavy atom. The number of hydrogen-bond donors (Lipinski definition) is 3. The van der Waals surface area contributed by atoms with Crippen molar-refractivity contribution in [2.24, 2.45) is 0 Å². The Morgan fingerprint density at radius 3 is 2.84 bits per heavy atom. The molecule has 0 unspecified atom stereocenters. The van der Waals surface area contributed by atoms with Gasteiger partial charge in [-0.1, -0.05) is 12.1 Å². The standard InChI is InChI=1S/C14H11N3O2/c15-6-9-10(16)5-12-8(13(9)17)4-7-2-1-3-11(18)14(7)19-12/h1-3,5,18H,4,16-17H2. The van der Waals surface area contributed by atoms with Crippen LogP contribution in [0, 0.1) is 11.3 Å². The predicted octanol–water partition coefficient (Wildman–Crippen LogP) is 2.12. The van der Waals surface area contributed by atoms with E-state index >= 15 is 0 Å². The highest BCUT2D eigenvalue weighted by atomic mass is 16.5. The van der Waals surface area contributed by atoms with E-state index < -0.39 is 0 Å². The van der Waals surface area contributed by atoms with Gasteiger partial charge in [0, 0.05) is 23.6 Å². The molecule has 0 amide bonds. The minimum Gasteiger partial charge on any atom is -0.504 e. The van der Waals surface area contributed by atoms with E-state index in [9.17, 15) is 5.11 Å². The lowest BCUT2D eigenvalue weighted by Crippen LogP contribution is -2.09. The number of nitrogen functional groups attached to an aromatic ring is 2. The topological polar surface area (TPSA) is 105 Å². The first kappa shape index (κ1) is 11.2. The average molecular weight is 253 g/mol. The molecule has 1 aliphatic rings. The van der Waals surface area contributed by atoms with Crippen molar-refractivity contribution < 1.29 is 9.84 Å². The average Bonchev–Trinajstić information content (AvgIpc) is 2.39. The summed E-state index contributed by atoms with van der Waals surface area (Å²) in [6.45, 7) is 0. The van der Waals surface area contributed by atoms with Crippen LogP contribution in [0.2, 0.25) is 0 Å². The number of anilines is 2. The number of fused-ring (bicyclic) bond motifs is 2. The molecule has 2 aromatic carbocycles. The molecule has 19 heavy (non-hydrogen) atoms. The first-order chi connectivity index (χ1) is 9.11. The minimum atomic E-state index is 0.0738. The summed E-state index contributed by atoms with van der Waals surface area (Å²) in [6, 6.07) is 8.70. The number of phenolic OH excluding ortho intramolecular Hbond substituents is 1. The van der Waals surface area contributed by atoms with Gasteiger partial charge in [-0.3, -0.25) is 0 Å². The third kappa shape index (κ3) is 1.54. The lowest BCUT2D eigenvalue weighted by molar-refractivity contribution is 0.399. The number of nitriles is 1. The van der Waals surface area contributed by atoms with Gasteiger partial charge in [-0.2, -0.15) is 5.26 Å². The van der Waals surface area contributed by atoms with Crippen LogP contribution in [0.1, 0.15) is 16.7 Å². The molecule has 0 aromatic heterocycles. The molecule has 0 atom stereocenters. The SMILES string of the molecule is N#Cc1c(N)cc2c(c1N)Cc1cccc(O)c1O2. The number of nitrogens with zero attached hydrogens (tertiary/aromatic N) is 1. The number of ether oxygens (including phenoxy) is 1. The molecule has 1 heterocycles. The summed E-state index contributed by atoms with van der Waals surface area (Å²) < 4.78 is 5.65. The maximum absolute atomic E-state index is 9.78. The van der Waals surface area contributed by atoms with Crippen LogP contribution in [0.25, 0.3) is 0 Å². The number of nitrogens with two attached hydrogens (primary N) is 2. The zero-order chi connectivity index (χ0) is 13.6. The smallest absolute Gasteiger partial charge is 0.172 e. The molecule has 0 spiro atoms. The Kier molecular flexibility index (Phi) is 2.26. The van der Waals surface area contributed by atoms with Crippen molar-refractivity contribution in [3.8, 4) is 23.3 Å². The minimum absolute atomic E-state index is 0.0738. The van der Waals surface area contributed by atoms with Crippen molar-refractivity contribution >= 4 is 11.4 Å². The van der Waals surface area contributed by atoms with Crippen LogP contribution < -0.4 is 16.2 Å². The largest absolute Gasteiger partial charge is 0.504 e. The normalized spacial score (nSPS) is 11.9. The molecule has 0 aliphatic carbocycles. The zero-order valence-electron chi connectivity index (χ0n) is 9.97. The van der Waals surface area contributed by atoms with Crippen molar-refractivity contribution in [2.45, 2.75) is 6.42 Å². The van der Waals surface area contributed by atoms with Crippen LogP contribution >= 0.6 is 0 Å². The van der Waals surface area contributed by atoms with Crippen LogP contribution in [-0.4, -0.2) is 5.11 Å². The zero-order valence-corrected chi connectivity index (χ0v) is 9.97. The van der Waals surface area contributed by atoms with E-state index in [0.717, 1.165) is 11.1 Å². The van der Waals surface area contributed by atoms with Gasteiger partial charge in [0.2, 0.25) is 0 Å². The fraction of sp³-hybridized carbons (Fsp3) is 0.0714. The van der Waals surface area contributed by atoms with Gasteiger partial charge < -0.3 is 21.3 Å². The van der Waals surface area contributed by atoms with Gasteiger partial charge in [-0.05, 0) is 6.07 Å². The second-order valence-electron chi connectivity index (χ2n) is 4.39.